The zero-order valence-electron chi connectivity index (χ0n) is 8.08. The van der Waals surface area contributed by atoms with Crippen LogP contribution in [-0.2, 0) is 0 Å². The number of benzene rings is 1. The van der Waals surface area contributed by atoms with Crippen molar-refractivity contribution in [3.05, 3.63) is 42.0 Å². The lowest BCUT2D eigenvalue weighted by molar-refractivity contribution is 0.413. The molecule has 13 heavy (non-hydrogen) atoms. The molecule has 0 aromatic heterocycles. The molecule has 70 valence electrons. The quantitative estimate of drug-likeness (QED) is 0.718. The van der Waals surface area contributed by atoms with E-state index in [2.05, 4.69) is 6.58 Å². The first-order chi connectivity index (χ1) is 6.17. The van der Waals surface area contributed by atoms with E-state index < -0.39 is 0 Å². The molecule has 1 aromatic rings. The van der Waals surface area contributed by atoms with E-state index in [1.807, 2.05) is 25.1 Å². The molecule has 0 spiro atoms. The van der Waals surface area contributed by atoms with Gasteiger partial charge in [-0.05, 0) is 30.2 Å². The Morgan fingerprint density at radius 3 is 2.69 bits per heavy atom. The molecule has 0 fully saturated rings. The molecule has 1 aromatic carbocycles. The van der Waals surface area contributed by atoms with Crippen molar-refractivity contribution < 1.29 is 4.74 Å². The Bertz CT molecular complexity index is 307. The summed E-state index contributed by atoms with van der Waals surface area (Å²) in [6.45, 7) is 5.67. The predicted molar refractivity (Wildman–Crippen MR) is 54.9 cm³/mol. The van der Waals surface area contributed by atoms with Gasteiger partial charge in [-0.15, -0.1) is 6.58 Å². The van der Waals surface area contributed by atoms with Crippen molar-refractivity contribution in [1.29, 1.82) is 0 Å². The van der Waals surface area contributed by atoms with Crippen molar-refractivity contribution in [2.75, 3.05) is 7.11 Å². The Hall–Kier alpha value is -1.28. The number of hydrogen-bond donors (Lipinski definition) is 1. The highest BCUT2D eigenvalue weighted by Crippen LogP contribution is 2.20. The predicted octanol–water partition coefficient (Wildman–Crippen LogP) is 2.19. The Kier molecular flexibility index (Phi) is 3.09. The normalized spacial score (nSPS) is 12.2. The third kappa shape index (κ3) is 2.33. The highest BCUT2D eigenvalue weighted by Gasteiger charge is 2.03. The molecule has 1 rings (SSSR count). The molecule has 0 radical (unpaired) electrons. The first-order valence-corrected chi connectivity index (χ1v) is 4.21. The SMILES string of the molecule is C=C[C@@H](N)c1cc(C)cc(OC)c1. The molecule has 0 amide bonds. The molecule has 0 aliphatic heterocycles. The number of rotatable bonds is 3. The van der Waals surface area contributed by atoms with E-state index in [4.69, 9.17) is 10.5 Å². The molecule has 0 aliphatic rings. The summed E-state index contributed by atoms with van der Waals surface area (Å²) in [5.74, 6) is 0.840. The van der Waals surface area contributed by atoms with Crippen LogP contribution in [0.5, 0.6) is 5.75 Å². The van der Waals surface area contributed by atoms with Crippen LogP contribution in [0.15, 0.2) is 30.9 Å². The van der Waals surface area contributed by atoms with E-state index in [0.717, 1.165) is 16.9 Å². The average Bonchev–Trinajstić information content (AvgIpc) is 2.15. The number of aryl methyl sites for hydroxylation is 1. The Labute approximate surface area is 79.0 Å². The minimum Gasteiger partial charge on any atom is -0.497 e. The summed E-state index contributed by atoms with van der Waals surface area (Å²) in [5.41, 5.74) is 7.99. The zero-order valence-corrected chi connectivity index (χ0v) is 8.08. The lowest BCUT2D eigenvalue weighted by Gasteiger charge is -2.09. The largest absolute Gasteiger partial charge is 0.497 e. The zero-order chi connectivity index (χ0) is 9.84. The smallest absolute Gasteiger partial charge is 0.119 e. The molecule has 2 nitrogen and oxygen atoms in total. The number of nitrogens with two attached hydrogens (primary N) is 1. The molecule has 0 saturated carbocycles. The summed E-state index contributed by atoms with van der Waals surface area (Å²) in [5, 5.41) is 0. The van der Waals surface area contributed by atoms with Gasteiger partial charge >= 0.3 is 0 Å². The Morgan fingerprint density at radius 1 is 1.46 bits per heavy atom. The second-order valence-corrected chi connectivity index (χ2v) is 3.05. The Morgan fingerprint density at radius 2 is 2.15 bits per heavy atom. The van der Waals surface area contributed by atoms with Gasteiger partial charge in [-0.25, -0.2) is 0 Å². The van der Waals surface area contributed by atoms with Gasteiger partial charge in [0.1, 0.15) is 5.75 Å². The van der Waals surface area contributed by atoms with E-state index >= 15 is 0 Å². The van der Waals surface area contributed by atoms with Crippen LogP contribution in [0.4, 0.5) is 0 Å². The van der Waals surface area contributed by atoms with E-state index in [0.29, 0.717) is 0 Å². The minimum atomic E-state index is -0.117. The van der Waals surface area contributed by atoms with Crippen LogP contribution >= 0.6 is 0 Å². The summed E-state index contributed by atoms with van der Waals surface area (Å²) in [6, 6.07) is 5.82. The first-order valence-electron chi connectivity index (χ1n) is 4.21. The average molecular weight is 177 g/mol. The maximum atomic E-state index is 5.81. The standard InChI is InChI=1S/C11H15NO/c1-4-11(12)9-5-8(2)6-10(7-9)13-3/h4-7,11H,1,12H2,2-3H3/t11-/m1/s1. The molecular weight excluding hydrogens is 162 g/mol. The lowest BCUT2D eigenvalue weighted by atomic mass is 10.0. The van der Waals surface area contributed by atoms with Gasteiger partial charge in [0.25, 0.3) is 0 Å². The minimum absolute atomic E-state index is 0.117. The fraction of sp³-hybridized carbons (Fsp3) is 0.273. The van der Waals surface area contributed by atoms with Gasteiger partial charge in [0, 0.05) is 6.04 Å². The van der Waals surface area contributed by atoms with Gasteiger partial charge in [0.2, 0.25) is 0 Å². The lowest BCUT2D eigenvalue weighted by Crippen LogP contribution is -2.06. The first kappa shape index (κ1) is 9.81. The van der Waals surface area contributed by atoms with E-state index in [1.54, 1.807) is 13.2 Å². The fourth-order valence-electron chi connectivity index (χ4n) is 1.22. The molecule has 1 atom stereocenters. The van der Waals surface area contributed by atoms with Gasteiger partial charge in [-0.2, -0.15) is 0 Å². The molecule has 2 heteroatoms. The third-order valence-corrected chi connectivity index (χ3v) is 1.95. The van der Waals surface area contributed by atoms with Crippen LogP contribution < -0.4 is 10.5 Å². The summed E-state index contributed by atoms with van der Waals surface area (Å²) in [6.07, 6.45) is 1.72. The maximum Gasteiger partial charge on any atom is 0.119 e. The topological polar surface area (TPSA) is 35.2 Å². The molecule has 0 aliphatic carbocycles. The molecular formula is C11H15NO. The van der Waals surface area contributed by atoms with Gasteiger partial charge in [0.15, 0.2) is 0 Å². The second-order valence-electron chi connectivity index (χ2n) is 3.05. The summed E-state index contributed by atoms with van der Waals surface area (Å²) in [7, 11) is 1.65. The number of ether oxygens (including phenoxy) is 1. The molecule has 0 heterocycles. The van der Waals surface area contributed by atoms with Crippen molar-refractivity contribution in [2.24, 2.45) is 5.73 Å². The van der Waals surface area contributed by atoms with Gasteiger partial charge < -0.3 is 10.5 Å². The van der Waals surface area contributed by atoms with Crippen LogP contribution in [0.2, 0.25) is 0 Å². The summed E-state index contributed by atoms with van der Waals surface area (Å²) in [4.78, 5) is 0. The van der Waals surface area contributed by atoms with Gasteiger partial charge in [-0.1, -0.05) is 12.1 Å². The van der Waals surface area contributed by atoms with Crippen molar-refractivity contribution in [3.8, 4) is 5.75 Å². The highest BCUT2D eigenvalue weighted by molar-refractivity contribution is 5.36. The van der Waals surface area contributed by atoms with Crippen LogP contribution in [0.25, 0.3) is 0 Å². The highest BCUT2D eigenvalue weighted by atomic mass is 16.5. The van der Waals surface area contributed by atoms with Crippen LogP contribution in [-0.4, -0.2) is 7.11 Å². The summed E-state index contributed by atoms with van der Waals surface area (Å²) >= 11 is 0. The molecule has 0 unspecified atom stereocenters. The van der Waals surface area contributed by atoms with Crippen molar-refractivity contribution >= 4 is 0 Å². The third-order valence-electron chi connectivity index (χ3n) is 1.95. The maximum absolute atomic E-state index is 5.81. The summed E-state index contributed by atoms with van der Waals surface area (Å²) < 4.78 is 5.14. The van der Waals surface area contributed by atoms with Crippen LogP contribution in [0.1, 0.15) is 17.2 Å². The van der Waals surface area contributed by atoms with Crippen LogP contribution in [0.3, 0.4) is 0 Å². The molecule has 2 N–H and O–H groups in total. The second kappa shape index (κ2) is 4.10. The van der Waals surface area contributed by atoms with E-state index in [-0.39, 0.29) is 6.04 Å². The molecule has 0 bridgehead atoms. The fourth-order valence-corrected chi connectivity index (χ4v) is 1.22. The molecule has 0 saturated heterocycles. The van der Waals surface area contributed by atoms with Crippen molar-refractivity contribution in [3.63, 3.8) is 0 Å². The van der Waals surface area contributed by atoms with E-state index in [9.17, 15) is 0 Å². The number of methoxy groups -OCH3 is 1. The van der Waals surface area contributed by atoms with Crippen molar-refractivity contribution in [1.82, 2.24) is 0 Å². The Balaban J connectivity index is 3.07. The van der Waals surface area contributed by atoms with Gasteiger partial charge in [-0.3, -0.25) is 0 Å². The van der Waals surface area contributed by atoms with Gasteiger partial charge in [0.05, 0.1) is 7.11 Å². The van der Waals surface area contributed by atoms with Crippen molar-refractivity contribution in [2.45, 2.75) is 13.0 Å². The van der Waals surface area contributed by atoms with E-state index in [1.165, 1.54) is 0 Å². The van der Waals surface area contributed by atoms with Crippen LogP contribution in [0, 0.1) is 6.92 Å². The monoisotopic (exact) mass is 177 g/mol. The number of hydrogen-bond acceptors (Lipinski definition) is 2.